The van der Waals surface area contributed by atoms with E-state index in [0.717, 1.165) is 13.0 Å². The molecule has 1 amide bonds. The van der Waals surface area contributed by atoms with Crippen molar-refractivity contribution in [2.45, 2.75) is 12.8 Å². The van der Waals surface area contributed by atoms with Crippen LogP contribution < -0.4 is 5.73 Å². The van der Waals surface area contributed by atoms with Gasteiger partial charge in [-0.25, -0.2) is 8.42 Å². The van der Waals surface area contributed by atoms with Crippen LogP contribution in [0.3, 0.4) is 0 Å². The molecule has 0 unspecified atom stereocenters. The maximum atomic E-state index is 11.8. The van der Waals surface area contributed by atoms with E-state index in [0.29, 0.717) is 26.2 Å². The summed E-state index contributed by atoms with van der Waals surface area (Å²) in [5.41, 5.74) is 4.95. The molecule has 0 saturated carbocycles. The molecule has 0 radical (unpaired) electrons. The number of nitrogens with two attached hydrogens (primary N) is 1. The summed E-state index contributed by atoms with van der Waals surface area (Å²) in [7, 11) is -3.27. The number of carboxylic acid groups (broad SMARTS) is 1. The van der Waals surface area contributed by atoms with Gasteiger partial charge in [-0.2, -0.15) is 0 Å². The van der Waals surface area contributed by atoms with E-state index in [1.54, 1.807) is 0 Å². The van der Waals surface area contributed by atoms with Gasteiger partial charge in [0.05, 0.1) is 18.1 Å². The number of hydrogen-bond donors (Lipinski definition) is 2. The van der Waals surface area contributed by atoms with Gasteiger partial charge in [-0.3, -0.25) is 14.5 Å². The van der Waals surface area contributed by atoms with Crippen molar-refractivity contribution < 1.29 is 23.1 Å². The largest absolute Gasteiger partial charge is 0.480 e. The molecule has 1 aliphatic heterocycles. The normalized spacial score (nSPS) is 18.3. The third-order valence-electron chi connectivity index (χ3n) is 3.42. The number of rotatable bonds is 8. The van der Waals surface area contributed by atoms with E-state index in [1.807, 2.05) is 9.80 Å². The summed E-state index contributed by atoms with van der Waals surface area (Å²) in [4.78, 5) is 25.2. The lowest BCUT2D eigenvalue weighted by atomic mass is 10.4. The number of carboxylic acids is 1. The Bertz CT molecular complexity index is 466. The predicted molar refractivity (Wildman–Crippen MR) is 77.6 cm³/mol. The lowest BCUT2D eigenvalue weighted by Gasteiger charge is -2.20. The number of amides is 1. The van der Waals surface area contributed by atoms with Gasteiger partial charge >= 0.3 is 5.97 Å². The Morgan fingerprint density at radius 3 is 2.29 bits per heavy atom. The molecule has 1 heterocycles. The van der Waals surface area contributed by atoms with Crippen molar-refractivity contribution in [2.24, 2.45) is 5.73 Å². The number of sulfone groups is 1. The van der Waals surface area contributed by atoms with E-state index < -0.39 is 21.7 Å². The SMILES string of the molecule is NC(=O)CCS(=O)(=O)CCN1CCCN(CC(=O)O)CC1. The summed E-state index contributed by atoms with van der Waals surface area (Å²) in [5.74, 6) is -1.67. The summed E-state index contributed by atoms with van der Waals surface area (Å²) in [6.07, 6.45) is 0.670. The number of hydrogen-bond acceptors (Lipinski definition) is 6. The average Bonchev–Trinajstić information content (AvgIpc) is 2.59. The summed E-state index contributed by atoms with van der Waals surface area (Å²) in [6, 6.07) is 0. The van der Waals surface area contributed by atoms with Gasteiger partial charge in [-0.1, -0.05) is 0 Å². The highest BCUT2D eigenvalue weighted by Crippen LogP contribution is 2.04. The maximum absolute atomic E-state index is 11.8. The quantitative estimate of drug-likeness (QED) is 0.550. The molecular formula is C12H23N3O5S. The molecule has 8 nitrogen and oxygen atoms in total. The Morgan fingerprint density at radius 1 is 1.05 bits per heavy atom. The fraction of sp³-hybridized carbons (Fsp3) is 0.833. The molecule has 0 atom stereocenters. The zero-order valence-electron chi connectivity index (χ0n) is 12.0. The van der Waals surface area contributed by atoms with Gasteiger partial charge in [0, 0.05) is 32.6 Å². The lowest BCUT2D eigenvalue weighted by Crippen LogP contribution is -2.36. The minimum atomic E-state index is -3.27. The van der Waals surface area contributed by atoms with Crippen LogP contribution in [-0.4, -0.2) is 86.0 Å². The van der Waals surface area contributed by atoms with E-state index in [9.17, 15) is 18.0 Å². The van der Waals surface area contributed by atoms with Crippen molar-refractivity contribution in [1.82, 2.24) is 9.80 Å². The molecule has 0 aromatic carbocycles. The third kappa shape index (κ3) is 7.98. The van der Waals surface area contributed by atoms with Crippen LogP contribution in [0, 0.1) is 0 Å². The van der Waals surface area contributed by atoms with E-state index in [4.69, 9.17) is 10.8 Å². The second-order valence-electron chi connectivity index (χ2n) is 5.23. The molecule has 1 fully saturated rings. The number of carbonyl (C=O) groups excluding carboxylic acids is 1. The highest BCUT2D eigenvalue weighted by atomic mass is 32.2. The highest BCUT2D eigenvalue weighted by Gasteiger charge is 2.19. The third-order valence-corrected chi connectivity index (χ3v) is 5.05. The first-order valence-corrected chi connectivity index (χ1v) is 8.76. The smallest absolute Gasteiger partial charge is 0.317 e. The predicted octanol–water partition coefficient (Wildman–Crippen LogP) is -1.63. The van der Waals surface area contributed by atoms with Gasteiger partial charge in [0.15, 0.2) is 9.84 Å². The van der Waals surface area contributed by atoms with Gasteiger partial charge in [-0.15, -0.1) is 0 Å². The molecule has 3 N–H and O–H groups in total. The molecule has 122 valence electrons. The van der Waals surface area contributed by atoms with Crippen molar-refractivity contribution in [3.63, 3.8) is 0 Å². The molecule has 21 heavy (non-hydrogen) atoms. The average molecular weight is 321 g/mol. The monoisotopic (exact) mass is 321 g/mol. The van der Waals surface area contributed by atoms with Crippen molar-refractivity contribution in [3.05, 3.63) is 0 Å². The van der Waals surface area contributed by atoms with E-state index >= 15 is 0 Å². The summed E-state index contributed by atoms with van der Waals surface area (Å²) in [6.45, 7) is 3.15. The molecule has 0 aliphatic carbocycles. The van der Waals surface area contributed by atoms with Gasteiger partial charge < -0.3 is 15.7 Å². The number of carbonyl (C=O) groups is 2. The minimum absolute atomic E-state index is 0.000783. The van der Waals surface area contributed by atoms with Crippen LogP contribution in [0.5, 0.6) is 0 Å². The second kappa shape index (κ2) is 8.30. The Kier molecular flexibility index (Phi) is 7.06. The van der Waals surface area contributed by atoms with Crippen molar-refractivity contribution in [3.8, 4) is 0 Å². The minimum Gasteiger partial charge on any atom is -0.480 e. The Balaban J connectivity index is 2.35. The molecule has 1 saturated heterocycles. The first kappa shape index (κ1) is 17.9. The van der Waals surface area contributed by atoms with Crippen LogP contribution in [0.2, 0.25) is 0 Å². The molecule has 0 aromatic rings. The Labute approximate surface area is 124 Å². The van der Waals surface area contributed by atoms with Crippen LogP contribution in [0.4, 0.5) is 0 Å². The van der Waals surface area contributed by atoms with E-state index in [1.165, 1.54) is 0 Å². The lowest BCUT2D eigenvalue weighted by molar-refractivity contribution is -0.138. The topological polar surface area (TPSA) is 121 Å². The molecule has 0 aromatic heterocycles. The first-order chi connectivity index (χ1) is 9.78. The number of aliphatic carboxylic acids is 1. The van der Waals surface area contributed by atoms with Crippen LogP contribution in [-0.2, 0) is 19.4 Å². The van der Waals surface area contributed by atoms with Crippen molar-refractivity contribution >= 4 is 21.7 Å². The zero-order chi connectivity index (χ0) is 15.9. The first-order valence-electron chi connectivity index (χ1n) is 6.94. The maximum Gasteiger partial charge on any atom is 0.317 e. The van der Waals surface area contributed by atoms with Crippen molar-refractivity contribution in [1.29, 1.82) is 0 Å². The molecule has 9 heteroatoms. The van der Waals surface area contributed by atoms with E-state index in [2.05, 4.69) is 0 Å². The van der Waals surface area contributed by atoms with Gasteiger partial charge in [-0.05, 0) is 13.0 Å². The zero-order valence-corrected chi connectivity index (χ0v) is 12.8. The standard InChI is InChI=1S/C12H23N3O5S/c13-11(16)2-8-21(19,20)9-7-14-3-1-4-15(6-5-14)10-12(17)18/h1-10H2,(H2,13,16)(H,17,18). The summed E-state index contributed by atoms with van der Waals surface area (Å²) < 4.78 is 23.5. The Hall–Kier alpha value is -1.19. The van der Waals surface area contributed by atoms with Crippen LogP contribution >= 0.6 is 0 Å². The summed E-state index contributed by atoms with van der Waals surface area (Å²) >= 11 is 0. The highest BCUT2D eigenvalue weighted by molar-refractivity contribution is 7.91. The van der Waals surface area contributed by atoms with Crippen LogP contribution in [0.15, 0.2) is 0 Å². The number of primary amides is 1. The fourth-order valence-corrected chi connectivity index (χ4v) is 3.48. The fourth-order valence-electron chi connectivity index (χ4n) is 2.22. The van der Waals surface area contributed by atoms with Gasteiger partial charge in [0.25, 0.3) is 0 Å². The molecule has 0 spiro atoms. The van der Waals surface area contributed by atoms with Crippen LogP contribution in [0.25, 0.3) is 0 Å². The molecule has 1 rings (SSSR count). The molecule has 0 bridgehead atoms. The van der Waals surface area contributed by atoms with Crippen molar-refractivity contribution in [2.75, 3.05) is 50.8 Å². The van der Waals surface area contributed by atoms with Crippen LogP contribution in [0.1, 0.15) is 12.8 Å². The number of nitrogens with zero attached hydrogens (tertiary/aromatic N) is 2. The molecule has 1 aliphatic rings. The van der Waals surface area contributed by atoms with E-state index in [-0.39, 0.29) is 24.5 Å². The summed E-state index contributed by atoms with van der Waals surface area (Å²) in [5, 5.41) is 8.77. The molecular weight excluding hydrogens is 298 g/mol. The van der Waals surface area contributed by atoms with Gasteiger partial charge in [0.1, 0.15) is 0 Å². The second-order valence-corrected chi connectivity index (χ2v) is 7.54. The van der Waals surface area contributed by atoms with Gasteiger partial charge in [0.2, 0.25) is 5.91 Å². The Morgan fingerprint density at radius 2 is 1.67 bits per heavy atom.